The first kappa shape index (κ1) is 9.28. The van der Waals surface area contributed by atoms with E-state index in [-0.39, 0.29) is 0 Å². The molecule has 0 N–H and O–H groups in total. The lowest BCUT2D eigenvalue weighted by Crippen LogP contribution is -1.88. The molecule has 0 aliphatic carbocycles. The first-order chi connectivity index (χ1) is 6.79. The Balaban J connectivity index is 2.32. The summed E-state index contributed by atoms with van der Waals surface area (Å²) in [6, 6.07) is 8.24. The number of ether oxygens (including phenoxy) is 1. The third kappa shape index (κ3) is 1.80. The zero-order valence-electron chi connectivity index (χ0n) is 8.54. The Labute approximate surface area is 83.5 Å². The van der Waals surface area contributed by atoms with Gasteiger partial charge in [0.15, 0.2) is 0 Å². The first-order valence-electron chi connectivity index (χ1n) is 4.86. The number of furan rings is 1. The summed E-state index contributed by atoms with van der Waals surface area (Å²) in [5.41, 5.74) is 2.16. The molecule has 2 aromatic rings. The van der Waals surface area contributed by atoms with E-state index in [4.69, 9.17) is 9.15 Å². The molecule has 0 amide bonds. The zero-order chi connectivity index (χ0) is 9.97. The van der Waals surface area contributed by atoms with Crippen molar-refractivity contribution in [3.63, 3.8) is 0 Å². The van der Waals surface area contributed by atoms with Crippen LogP contribution in [0.4, 0.5) is 0 Å². The summed E-state index contributed by atoms with van der Waals surface area (Å²) in [7, 11) is 0. The van der Waals surface area contributed by atoms with Crippen molar-refractivity contribution in [2.45, 2.75) is 20.5 Å². The lowest BCUT2D eigenvalue weighted by Gasteiger charge is -1.94. The Kier molecular flexibility index (Phi) is 2.55. The molecule has 2 rings (SSSR count). The molecule has 0 fully saturated rings. The fourth-order valence-corrected chi connectivity index (χ4v) is 1.47. The minimum atomic E-state index is 0.560. The number of benzene rings is 1. The maximum atomic E-state index is 5.63. The van der Waals surface area contributed by atoms with Crippen LogP contribution in [0.2, 0.25) is 0 Å². The fourth-order valence-electron chi connectivity index (χ4n) is 1.47. The van der Waals surface area contributed by atoms with E-state index in [0.717, 1.165) is 23.3 Å². The van der Waals surface area contributed by atoms with Gasteiger partial charge in [-0.3, -0.25) is 0 Å². The van der Waals surface area contributed by atoms with Crippen molar-refractivity contribution in [1.82, 2.24) is 0 Å². The van der Waals surface area contributed by atoms with E-state index in [2.05, 4.69) is 19.1 Å². The van der Waals surface area contributed by atoms with Crippen LogP contribution < -0.4 is 0 Å². The van der Waals surface area contributed by atoms with Crippen molar-refractivity contribution in [3.8, 4) is 0 Å². The monoisotopic (exact) mass is 190 g/mol. The normalized spacial score (nSPS) is 11.0. The molecule has 0 atom stereocenters. The molecule has 0 unspecified atom stereocenters. The molecule has 74 valence electrons. The van der Waals surface area contributed by atoms with Gasteiger partial charge < -0.3 is 9.15 Å². The predicted molar refractivity (Wildman–Crippen MR) is 56.3 cm³/mol. The molecule has 0 saturated carbocycles. The average molecular weight is 190 g/mol. The Morgan fingerprint density at radius 3 is 2.93 bits per heavy atom. The van der Waals surface area contributed by atoms with Gasteiger partial charge in [-0.25, -0.2) is 0 Å². The Bertz CT molecular complexity index is 429. The van der Waals surface area contributed by atoms with E-state index in [9.17, 15) is 0 Å². The van der Waals surface area contributed by atoms with Crippen LogP contribution in [0, 0.1) is 6.92 Å². The van der Waals surface area contributed by atoms with Crippen molar-refractivity contribution >= 4 is 11.0 Å². The molecule has 2 heteroatoms. The third-order valence-electron chi connectivity index (χ3n) is 2.18. The maximum Gasteiger partial charge on any atom is 0.134 e. The molecule has 1 aromatic carbocycles. The van der Waals surface area contributed by atoms with Gasteiger partial charge in [-0.15, -0.1) is 0 Å². The second-order valence-electron chi connectivity index (χ2n) is 3.39. The summed E-state index contributed by atoms with van der Waals surface area (Å²) in [6.45, 7) is 5.32. The Hall–Kier alpha value is -1.28. The molecule has 0 aliphatic rings. The lowest BCUT2D eigenvalue weighted by molar-refractivity contribution is 0.119. The average Bonchev–Trinajstić information content (AvgIpc) is 2.56. The van der Waals surface area contributed by atoms with Crippen LogP contribution in [0.5, 0.6) is 0 Å². The minimum absolute atomic E-state index is 0.560. The van der Waals surface area contributed by atoms with Gasteiger partial charge in [0.2, 0.25) is 0 Å². The minimum Gasteiger partial charge on any atom is -0.459 e. The second-order valence-corrected chi connectivity index (χ2v) is 3.39. The topological polar surface area (TPSA) is 22.4 Å². The zero-order valence-corrected chi connectivity index (χ0v) is 8.54. The smallest absolute Gasteiger partial charge is 0.134 e. The highest BCUT2D eigenvalue weighted by Gasteiger charge is 2.02. The molecule has 14 heavy (non-hydrogen) atoms. The van der Waals surface area contributed by atoms with Gasteiger partial charge in [0.1, 0.15) is 18.0 Å². The van der Waals surface area contributed by atoms with E-state index in [1.807, 2.05) is 19.1 Å². The van der Waals surface area contributed by atoms with Crippen molar-refractivity contribution in [2.24, 2.45) is 0 Å². The van der Waals surface area contributed by atoms with Crippen molar-refractivity contribution in [2.75, 3.05) is 6.61 Å². The molecule has 1 aromatic heterocycles. The van der Waals surface area contributed by atoms with Crippen LogP contribution in [-0.2, 0) is 11.3 Å². The largest absolute Gasteiger partial charge is 0.459 e. The third-order valence-corrected chi connectivity index (χ3v) is 2.18. The van der Waals surface area contributed by atoms with E-state index < -0.39 is 0 Å². The number of rotatable bonds is 3. The van der Waals surface area contributed by atoms with Gasteiger partial charge in [-0.1, -0.05) is 12.1 Å². The van der Waals surface area contributed by atoms with Gasteiger partial charge in [0, 0.05) is 12.0 Å². The number of hydrogen-bond donors (Lipinski definition) is 0. The van der Waals surface area contributed by atoms with E-state index in [1.165, 1.54) is 5.56 Å². The van der Waals surface area contributed by atoms with Crippen LogP contribution in [0.25, 0.3) is 11.0 Å². The van der Waals surface area contributed by atoms with Crippen molar-refractivity contribution in [3.05, 3.63) is 35.6 Å². The second kappa shape index (κ2) is 3.84. The van der Waals surface area contributed by atoms with Gasteiger partial charge in [0.05, 0.1) is 0 Å². The van der Waals surface area contributed by atoms with Crippen LogP contribution in [0.1, 0.15) is 18.2 Å². The van der Waals surface area contributed by atoms with Crippen molar-refractivity contribution < 1.29 is 9.15 Å². The molecular formula is C12H14O2. The highest BCUT2D eigenvalue weighted by Crippen LogP contribution is 2.20. The van der Waals surface area contributed by atoms with E-state index >= 15 is 0 Å². The number of fused-ring (bicyclic) bond motifs is 1. The van der Waals surface area contributed by atoms with Gasteiger partial charge in [0.25, 0.3) is 0 Å². The lowest BCUT2D eigenvalue weighted by atomic mass is 10.2. The van der Waals surface area contributed by atoms with Crippen LogP contribution in [0.15, 0.2) is 28.7 Å². The molecule has 0 spiro atoms. The summed E-state index contributed by atoms with van der Waals surface area (Å²) in [5.74, 6) is 0.896. The summed E-state index contributed by atoms with van der Waals surface area (Å²) in [4.78, 5) is 0. The molecule has 0 radical (unpaired) electrons. The van der Waals surface area contributed by atoms with Crippen LogP contribution in [-0.4, -0.2) is 6.61 Å². The molecule has 0 saturated heterocycles. The molecule has 0 bridgehead atoms. The Morgan fingerprint density at radius 2 is 2.14 bits per heavy atom. The predicted octanol–water partition coefficient (Wildman–Crippen LogP) is 3.28. The molecule has 1 heterocycles. The number of aryl methyl sites for hydroxylation is 1. The fraction of sp³-hybridized carbons (Fsp3) is 0.333. The molecule has 0 aliphatic heterocycles. The highest BCUT2D eigenvalue weighted by atomic mass is 16.5. The van der Waals surface area contributed by atoms with Gasteiger partial charge in [-0.2, -0.15) is 0 Å². The summed E-state index contributed by atoms with van der Waals surface area (Å²) in [6.07, 6.45) is 0. The van der Waals surface area contributed by atoms with E-state index in [1.54, 1.807) is 0 Å². The summed E-state index contributed by atoms with van der Waals surface area (Å²) < 4.78 is 10.9. The maximum absolute atomic E-state index is 5.63. The molecular weight excluding hydrogens is 176 g/mol. The van der Waals surface area contributed by atoms with Crippen LogP contribution >= 0.6 is 0 Å². The van der Waals surface area contributed by atoms with Crippen molar-refractivity contribution in [1.29, 1.82) is 0 Å². The SMILES string of the molecule is CCOCc1cc2ccc(C)cc2o1. The standard InChI is InChI=1S/C12H14O2/c1-3-13-8-11-7-10-5-4-9(2)6-12(10)14-11/h4-7H,3,8H2,1-2H3. The molecule has 2 nitrogen and oxygen atoms in total. The first-order valence-corrected chi connectivity index (χ1v) is 4.86. The van der Waals surface area contributed by atoms with E-state index in [0.29, 0.717) is 6.61 Å². The van der Waals surface area contributed by atoms with Crippen LogP contribution in [0.3, 0.4) is 0 Å². The quantitative estimate of drug-likeness (QED) is 0.741. The van der Waals surface area contributed by atoms with Gasteiger partial charge in [-0.05, 0) is 31.5 Å². The van der Waals surface area contributed by atoms with Gasteiger partial charge >= 0.3 is 0 Å². The number of hydrogen-bond acceptors (Lipinski definition) is 2. The highest BCUT2D eigenvalue weighted by molar-refractivity contribution is 5.78. The Morgan fingerprint density at radius 1 is 1.29 bits per heavy atom. The summed E-state index contributed by atoms with van der Waals surface area (Å²) in [5, 5.41) is 1.14. The summed E-state index contributed by atoms with van der Waals surface area (Å²) >= 11 is 0.